The summed E-state index contributed by atoms with van der Waals surface area (Å²) in [7, 11) is 0. The molecule has 0 saturated carbocycles. The molecule has 2 aromatic carbocycles. The summed E-state index contributed by atoms with van der Waals surface area (Å²) in [5, 5.41) is 0. The first-order valence-corrected chi connectivity index (χ1v) is 6.29. The highest BCUT2D eigenvalue weighted by molar-refractivity contribution is 5.75. The van der Waals surface area contributed by atoms with Gasteiger partial charge in [0.25, 0.3) is 0 Å². The van der Waals surface area contributed by atoms with Crippen molar-refractivity contribution < 1.29 is 4.39 Å². The number of rotatable bonds is 2. The minimum absolute atomic E-state index is 0.201. The summed E-state index contributed by atoms with van der Waals surface area (Å²) < 4.78 is 14.0. The maximum atomic E-state index is 14.0. The van der Waals surface area contributed by atoms with Crippen LogP contribution < -0.4 is 0 Å². The van der Waals surface area contributed by atoms with E-state index in [9.17, 15) is 4.39 Å². The largest absolute Gasteiger partial charge is 0.341 e. The zero-order chi connectivity index (χ0) is 13.5. The average Bonchev–Trinajstić information content (AvgIpc) is 2.83. The summed E-state index contributed by atoms with van der Waals surface area (Å²) in [4.78, 5) is 7.86. The fourth-order valence-corrected chi connectivity index (χ4v) is 2.34. The number of benzene rings is 2. The molecule has 0 aliphatic carbocycles. The van der Waals surface area contributed by atoms with E-state index >= 15 is 0 Å². The van der Waals surface area contributed by atoms with Gasteiger partial charge in [-0.25, -0.2) is 9.37 Å². The smallest absolute Gasteiger partial charge is 0.127 e. The Morgan fingerprint density at radius 3 is 2.42 bits per heavy atom. The standard InChI is InChI=1S/C16H15FN2/c1-16(2,11-7-3-4-8-12(11)17)15-18-13-9-5-6-10-14(13)19-15/h3-10H,1-2H3,(H,18,19). The highest BCUT2D eigenvalue weighted by atomic mass is 19.1. The molecule has 1 aromatic heterocycles. The molecule has 96 valence electrons. The van der Waals surface area contributed by atoms with Crippen molar-refractivity contribution in [1.29, 1.82) is 0 Å². The van der Waals surface area contributed by atoms with Crippen LogP contribution in [0.15, 0.2) is 48.5 Å². The van der Waals surface area contributed by atoms with Crippen LogP contribution >= 0.6 is 0 Å². The molecular weight excluding hydrogens is 239 g/mol. The number of fused-ring (bicyclic) bond motifs is 1. The van der Waals surface area contributed by atoms with Gasteiger partial charge < -0.3 is 4.98 Å². The Bertz CT molecular complexity index is 695. The Morgan fingerprint density at radius 2 is 1.68 bits per heavy atom. The van der Waals surface area contributed by atoms with E-state index in [4.69, 9.17) is 0 Å². The van der Waals surface area contributed by atoms with Crippen LogP contribution in [-0.4, -0.2) is 9.97 Å². The molecule has 0 fully saturated rings. The zero-order valence-corrected chi connectivity index (χ0v) is 10.9. The minimum atomic E-state index is -0.496. The second-order valence-corrected chi connectivity index (χ2v) is 5.21. The lowest BCUT2D eigenvalue weighted by Gasteiger charge is -2.23. The Balaban J connectivity index is 2.16. The van der Waals surface area contributed by atoms with Gasteiger partial charge in [-0.05, 0) is 32.0 Å². The Kier molecular flexibility index (Phi) is 2.63. The highest BCUT2D eigenvalue weighted by Crippen LogP contribution is 2.32. The first-order chi connectivity index (χ1) is 9.09. The van der Waals surface area contributed by atoms with Crippen LogP contribution in [0, 0.1) is 5.82 Å². The molecule has 19 heavy (non-hydrogen) atoms. The van der Waals surface area contributed by atoms with Crippen LogP contribution in [-0.2, 0) is 5.41 Å². The number of nitrogens with one attached hydrogen (secondary N) is 1. The second kappa shape index (κ2) is 4.19. The van der Waals surface area contributed by atoms with Crippen molar-refractivity contribution in [1.82, 2.24) is 9.97 Å². The van der Waals surface area contributed by atoms with Gasteiger partial charge in [0, 0.05) is 5.56 Å². The summed E-state index contributed by atoms with van der Waals surface area (Å²) in [5.74, 6) is 0.576. The quantitative estimate of drug-likeness (QED) is 0.735. The molecule has 1 heterocycles. The molecule has 0 saturated heterocycles. The minimum Gasteiger partial charge on any atom is -0.341 e. The molecule has 0 radical (unpaired) electrons. The van der Waals surface area contributed by atoms with Crippen molar-refractivity contribution >= 4 is 11.0 Å². The van der Waals surface area contributed by atoms with Crippen molar-refractivity contribution in [2.75, 3.05) is 0 Å². The van der Waals surface area contributed by atoms with Crippen LogP contribution in [0.2, 0.25) is 0 Å². The molecule has 0 amide bonds. The lowest BCUT2D eigenvalue weighted by molar-refractivity contribution is 0.531. The predicted octanol–water partition coefficient (Wildman–Crippen LogP) is 4.03. The van der Waals surface area contributed by atoms with Crippen molar-refractivity contribution in [2.24, 2.45) is 0 Å². The van der Waals surface area contributed by atoms with Crippen LogP contribution in [0.5, 0.6) is 0 Å². The van der Waals surface area contributed by atoms with Gasteiger partial charge in [-0.2, -0.15) is 0 Å². The van der Waals surface area contributed by atoms with Gasteiger partial charge in [0.15, 0.2) is 0 Å². The predicted molar refractivity (Wildman–Crippen MR) is 74.6 cm³/mol. The topological polar surface area (TPSA) is 28.7 Å². The molecular formula is C16H15FN2. The number of hydrogen-bond donors (Lipinski definition) is 1. The summed E-state index contributed by atoms with van der Waals surface area (Å²) in [6.45, 7) is 3.95. The van der Waals surface area contributed by atoms with E-state index in [2.05, 4.69) is 9.97 Å². The van der Waals surface area contributed by atoms with Gasteiger partial charge >= 0.3 is 0 Å². The van der Waals surface area contributed by atoms with E-state index in [0.29, 0.717) is 5.56 Å². The number of hydrogen-bond acceptors (Lipinski definition) is 1. The van der Waals surface area contributed by atoms with Crippen LogP contribution in [0.25, 0.3) is 11.0 Å². The first kappa shape index (κ1) is 11.9. The molecule has 0 spiro atoms. The fraction of sp³-hybridized carbons (Fsp3) is 0.188. The first-order valence-electron chi connectivity index (χ1n) is 6.29. The molecule has 0 unspecified atom stereocenters. The van der Waals surface area contributed by atoms with Crippen LogP contribution in [0.1, 0.15) is 25.2 Å². The highest BCUT2D eigenvalue weighted by Gasteiger charge is 2.29. The Labute approximate surface area is 111 Å². The van der Waals surface area contributed by atoms with E-state index in [0.717, 1.165) is 16.9 Å². The van der Waals surface area contributed by atoms with E-state index in [1.807, 2.05) is 50.2 Å². The van der Waals surface area contributed by atoms with Gasteiger partial charge in [0.05, 0.1) is 16.4 Å². The number of imidazole rings is 1. The number of aromatic nitrogens is 2. The van der Waals surface area contributed by atoms with E-state index in [-0.39, 0.29) is 5.82 Å². The number of nitrogens with zero attached hydrogens (tertiary/aromatic N) is 1. The van der Waals surface area contributed by atoms with Gasteiger partial charge in [-0.1, -0.05) is 30.3 Å². The van der Waals surface area contributed by atoms with E-state index < -0.39 is 5.41 Å². The number of aromatic amines is 1. The van der Waals surface area contributed by atoms with Crippen molar-refractivity contribution in [3.05, 3.63) is 65.7 Å². The normalized spacial score (nSPS) is 11.9. The van der Waals surface area contributed by atoms with Gasteiger partial charge in [0.2, 0.25) is 0 Å². The van der Waals surface area contributed by atoms with Crippen molar-refractivity contribution in [2.45, 2.75) is 19.3 Å². The molecule has 0 aliphatic rings. The maximum absolute atomic E-state index is 14.0. The van der Waals surface area contributed by atoms with Gasteiger partial charge in [0.1, 0.15) is 11.6 Å². The molecule has 1 N–H and O–H groups in total. The van der Waals surface area contributed by atoms with Gasteiger partial charge in [-0.15, -0.1) is 0 Å². The average molecular weight is 254 g/mol. The van der Waals surface area contributed by atoms with Gasteiger partial charge in [-0.3, -0.25) is 0 Å². The summed E-state index contributed by atoms with van der Waals surface area (Å²) >= 11 is 0. The second-order valence-electron chi connectivity index (χ2n) is 5.21. The molecule has 3 rings (SSSR count). The third-order valence-electron chi connectivity index (χ3n) is 3.53. The lowest BCUT2D eigenvalue weighted by atomic mass is 9.83. The maximum Gasteiger partial charge on any atom is 0.127 e. The molecule has 0 aliphatic heterocycles. The van der Waals surface area contributed by atoms with Crippen LogP contribution in [0.3, 0.4) is 0 Å². The van der Waals surface area contributed by atoms with E-state index in [1.54, 1.807) is 6.07 Å². The molecule has 3 heteroatoms. The summed E-state index contributed by atoms with van der Waals surface area (Å²) in [6, 6.07) is 14.7. The SMILES string of the molecule is CC(C)(c1nc2ccccc2[nH]1)c1ccccc1F. The molecule has 3 aromatic rings. The van der Waals surface area contributed by atoms with Crippen molar-refractivity contribution in [3.63, 3.8) is 0 Å². The Hall–Kier alpha value is -2.16. The third kappa shape index (κ3) is 1.91. The third-order valence-corrected chi connectivity index (χ3v) is 3.53. The summed E-state index contributed by atoms with van der Waals surface area (Å²) in [6.07, 6.45) is 0. The molecule has 0 bridgehead atoms. The summed E-state index contributed by atoms with van der Waals surface area (Å²) in [5.41, 5.74) is 2.03. The van der Waals surface area contributed by atoms with E-state index in [1.165, 1.54) is 6.07 Å². The molecule has 0 atom stereocenters. The van der Waals surface area contributed by atoms with Crippen LogP contribution in [0.4, 0.5) is 4.39 Å². The number of H-pyrrole nitrogens is 1. The Morgan fingerprint density at radius 1 is 1.00 bits per heavy atom. The monoisotopic (exact) mass is 254 g/mol. The lowest BCUT2D eigenvalue weighted by Crippen LogP contribution is -2.22. The number of halogens is 1. The molecule has 2 nitrogen and oxygen atoms in total. The zero-order valence-electron chi connectivity index (χ0n) is 10.9. The number of para-hydroxylation sites is 2. The van der Waals surface area contributed by atoms with Crippen molar-refractivity contribution in [3.8, 4) is 0 Å². The fourth-order valence-electron chi connectivity index (χ4n) is 2.34.